The van der Waals surface area contributed by atoms with E-state index >= 15 is 0 Å². The number of aliphatic imine (C=N–C) groups is 1. The van der Waals surface area contributed by atoms with Crippen LogP contribution in [0.1, 0.15) is 36.9 Å². The molecule has 5 nitrogen and oxygen atoms in total. The Labute approximate surface area is 144 Å². The molecule has 2 heterocycles. The van der Waals surface area contributed by atoms with Crippen LogP contribution in [-0.4, -0.2) is 61.0 Å². The van der Waals surface area contributed by atoms with Crippen LogP contribution in [0.2, 0.25) is 0 Å². The number of nitrogens with zero attached hydrogens (tertiary/aromatic N) is 4. The Bertz CT molecular complexity index is 499. The van der Waals surface area contributed by atoms with Crippen LogP contribution in [-0.2, 0) is 6.54 Å². The lowest BCUT2D eigenvalue weighted by atomic mass is 10.0. The number of piperidine rings is 1. The second-order valence-electron chi connectivity index (χ2n) is 6.59. The summed E-state index contributed by atoms with van der Waals surface area (Å²) in [7, 11) is 3.91. The van der Waals surface area contributed by atoms with Crippen LogP contribution in [0, 0.1) is 12.8 Å². The SMILES string of the molecule is CN=C(NCCCN1CCCC(C)C1)N(C)Cc1csc(C)n1. The molecule has 0 radical (unpaired) electrons. The van der Waals surface area contributed by atoms with E-state index in [1.807, 2.05) is 14.0 Å². The molecule has 2 rings (SSSR count). The average molecular weight is 338 g/mol. The molecule has 0 bridgehead atoms. The summed E-state index contributed by atoms with van der Waals surface area (Å²) < 4.78 is 0. The van der Waals surface area contributed by atoms with Crippen LogP contribution in [0.3, 0.4) is 0 Å². The molecule has 0 spiro atoms. The van der Waals surface area contributed by atoms with Gasteiger partial charge in [0.25, 0.3) is 0 Å². The topological polar surface area (TPSA) is 43.8 Å². The Morgan fingerprint density at radius 2 is 2.39 bits per heavy atom. The number of guanidine groups is 1. The maximum absolute atomic E-state index is 4.52. The van der Waals surface area contributed by atoms with Gasteiger partial charge in [-0.1, -0.05) is 6.92 Å². The number of hydrogen-bond donors (Lipinski definition) is 1. The zero-order valence-corrected chi connectivity index (χ0v) is 15.8. The molecule has 0 aliphatic carbocycles. The third-order valence-corrected chi connectivity index (χ3v) is 5.14. The first-order valence-electron chi connectivity index (χ1n) is 8.63. The van der Waals surface area contributed by atoms with Crippen molar-refractivity contribution in [2.24, 2.45) is 10.9 Å². The second-order valence-corrected chi connectivity index (χ2v) is 7.65. The number of likely N-dealkylation sites (tertiary alicyclic amines) is 1. The van der Waals surface area contributed by atoms with E-state index in [2.05, 4.69) is 44.4 Å². The van der Waals surface area contributed by atoms with Gasteiger partial charge in [0, 0.05) is 32.6 Å². The lowest BCUT2D eigenvalue weighted by Crippen LogP contribution is -2.40. The Morgan fingerprint density at radius 3 is 3.04 bits per heavy atom. The Morgan fingerprint density at radius 1 is 1.57 bits per heavy atom. The first-order valence-corrected chi connectivity index (χ1v) is 9.51. The summed E-state index contributed by atoms with van der Waals surface area (Å²) in [5.41, 5.74) is 1.11. The van der Waals surface area contributed by atoms with Crippen LogP contribution < -0.4 is 5.32 Å². The van der Waals surface area contributed by atoms with Crippen LogP contribution in [0.5, 0.6) is 0 Å². The fourth-order valence-corrected chi connectivity index (χ4v) is 3.78. The van der Waals surface area contributed by atoms with E-state index in [9.17, 15) is 0 Å². The fraction of sp³-hybridized carbons (Fsp3) is 0.765. The van der Waals surface area contributed by atoms with E-state index in [0.29, 0.717) is 0 Å². The maximum Gasteiger partial charge on any atom is 0.193 e. The Hall–Kier alpha value is -1.14. The number of thiazole rings is 1. The molecule has 1 atom stereocenters. The molecule has 6 heteroatoms. The molecular weight excluding hydrogens is 306 g/mol. The summed E-state index contributed by atoms with van der Waals surface area (Å²) >= 11 is 1.70. The summed E-state index contributed by atoms with van der Waals surface area (Å²) in [6.07, 6.45) is 3.91. The zero-order chi connectivity index (χ0) is 16.7. The quantitative estimate of drug-likeness (QED) is 0.492. The summed E-state index contributed by atoms with van der Waals surface area (Å²) in [5.74, 6) is 1.81. The van der Waals surface area contributed by atoms with Gasteiger partial charge in [0.05, 0.1) is 17.2 Å². The number of nitrogens with one attached hydrogen (secondary N) is 1. The van der Waals surface area contributed by atoms with Crippen molar-refractivity contribution in [2.45, 2.75) is 39.7 Å². The van der Waals surface area contributed by atoms with Gasteiger partial charge in [-0.3, -0.25) is 4.99 Å². The maximum atomic E-state index is 4.52. The highest BCUT2D eigenvalue weighted by Crippen LogP contribution is 2.15. The molecule has 1 aliphatic heterocycles. The third-order valence-electron chi connectivity index (χ3n) is 4.31. The molecule has 23 heavy (non-hydrogen) atoms. The molecule has 0 aromatic carbocycles. The smallest absolute Gasteiger partial charge is 0.193 e. The molecule has 1 aromatic rings. The van der Waals surface area contributed by atoms with E-state index in [0.717, 1.165) is 42.1 Å². The molecule has 1 N–H and O–H groups in total. The van der Waals surface area contributed by atoms with Crippen molar-refractivity contribution in [3.63, 3.8) is 0 Å². The summed E-state index contributed by atoms with van der Waals surface area (Å²) in [6.45, 7) is 9.89. The van der Waals surface area contributed by atoms with Gasteiger partial charge in [-0.25, -0.2) is 4.98 Å². The largest absolute Gasteiger partial charge is 0.356 e. The van der Waals surface area contributed by atoms with Crippen molar-refractivity contribution in [3.8, 4) is 0 Å². The van der Waals surface area contributed by atoms with Gasteiger partial charge < -0.3 is 15.1 Å². The third kappa shape index (κ3) is 6.11. The molecule has 1 fully saturated rings. The summed E-state index contributed by atoms with van der Waals surface area (Å²) in [5, 5.41) is 6.71. The van der Waals surface area contributed by atoms with Gasteiger partial charge in [0.15, 0.2) is 5.96 Å². The summed E-state index contributed by atoms with van der Waals surface area (Å²) in [6, 6.07) is 0. The summed E-state index contributed by atoms with van der Waals surface area (Å²) in [4.78, 5) is 13.6. The van der Waals surface area contributed by atoms with Crippen LogP contribution in [0.15, 0.2) is 10.4 Å². The average Bonchev–Trinajstić information content (AvgIpc) is 2.92. The van der Waals surface area contributed by atoms with Crippen molar-refractivity contribution in [1.29, 1.82) is 0 Å². The predicted octanol–water partition coefficient (Wildman–Crippen LogP) is 2.58. The van der Waals surface area contributed by atoms with E-state index < -0.39 is 0 Å². The number of aryl methyl sites for hydroxylation is 1. The first kappa shape index (κ1) is 18.2. The first-order chi connectivity index (χ1) is 11.1. The number of rotatable bonds is 6. The highest BCUT2D eigenvalue weighted by Gasteiger charge is 2.15. The van der Waals surface area contributed by atoms with Gasteiger partial charge in [0.1, 0.15) is 0 Å². The van der Waals surface area contributed by atoms with E-state index in [1.165, 1.54) is 32.5 Å². The van der Waals surface area contributed by atoms with Gasteiger partial charge in [-0.2, -0.15) is 0 Å². The minimum atomic E-state index is 0.799. The molecule has 1 aromatic heterocycles. The molecule has 130 valence electrons. The standard InChI is InChI=1S/C17H31N5S/c1-14-7-5-9-22(11-14)10-6-8-19-17(18-3)21(4)12-16-13-23-15(2)20-16/h13-14H,5-12H2,1-4H3,(H,18,19). The van der Waals surface area contributed by atoms with Gasteiger partial charge in [-0.05, 0) is 45.2 Å². The van der Waals surface area contributed by atoms with Crippen molar-refractivity contribution >= 4 is 17.3 Å². The molecule has 1 unspecified atom stereocenters. The highest BCUT2D eigenvalue weighted by molar-refractivity contribution is 7.09. The lowest BCUT2D eigenvalue weighted by molar-refractivity contribution is 0.182. The molecule has 0 amide bonds. The van der Waals surface area contributed by atoms with Crippen LogP contribution >= 0.6 is 11.3 Å². The van der Waals surface area contributed by atoms with Crippen molar-refractivity contribution in [3.05, 3.63) is 16.1 Å². The van der Waals surface area contributed by atoms with Crippen molar-refractivity contribution in [1.82, 2.24) is 20.1 Å². The van der Waals surface area contributed by atoms with E-state index in [-0.39, 0.29) is 0 Å². The van der Waals surface area contributed by atoms with Gasteiger partial charge in [0.2, 0.25) is 0 Å². The van der Waals surface area contributed by atoms with E-state index in [1.54, 1.807) is 11.3 Å². The molecule has 1 aliphatic rings. The van der Waals surface area contributed by atoms with Crippen LogP contribution in [0.4, 0.5) is 0 Å². The monoisotopic (exact) mass is 337 g/mol. The van der Waals surface area contributed by atoms with Crippen molar-refractivity contribution in [2.75, 3.05) is 40.3 Å². The van der Waals surface area contributed by atoms with Crippen LogP contribution in [0.25, 0.3) is 0 Å². The molecular formula is C17H31N5S. The normalized spacial score (nSPS) is 19.8. The minimum Gasteiger partial charge on any atom is -0.356 e. The number of aromatic nitrogens is 1. The molecule has 1 saturated heterocycles. The molecule has 0 saturated carbocycles. The van der Waals surface area contributed by atoms with Gasteiger partial charge >= 0.3 is 0 Å². The Balaban J connectivity index is 1.68. The minimum absolute atomic E-state index is 0.799. The lowest BCUT2D eigenvalue weighted by Gasteiger charge is -2.31. The fourth-order valence-electron chi connectivity index (χ4n) is 3.18. The van der Waals surface area contributed by atoms with Gasteiger partial charge in [-0.15, -0.1) is 11.3 Å². The van der Waals surface area contributed by atoms with Crippen molar-refractivity contribution < 1.29 is 0 Å². The number of hydrogen-bond acceptors (Lipinski definition) is 4. The van der Waals surface area contributed by atoms with E-state index in [4.69, 9.17) is 0 Å². The Kier molecular flexibility index (Phi) is 7.30. The second kappa shape index (κ2) is 9.23. The zero-order valence-electron chi connectivity index (χ0n) is 15.0. The predicted molar refractivity (Wildman–Crippen MR) is 99.1 cm³/mol. The highest BCUT2D eigenvalue weighted by atomic mass is 32.1.